The van der Waals surface area contributed by atoms with Crippen molar-refractivity contribution in [3.05, 3.63) is 29.1 Å². The molecule has 100 valence electrons. The summed E-state index contributed by atoms with van der Waals surface area (Å²) >= 11 is 0.966. The van der Waals surface area contributed by atoms with E-state index >= 15 is 0 Å². The lowest BCUT2D eigenvalue weighted by molar-refractivity contribution is -0.308. The predicted molar refractivity (Wildman–Crippen MR) is 65.7 cm³/mol. The van der Waals surface area contributed by atoms with Gasteiger partial charge in [-0.2, -0.15) is 0 Å². The van der Waals surface area contributed by atoms with Gasteiger partial charge in [0.05, 0.1) is 23.7 Å². The molecule has 2 N–H and O–H groups in total. The van der Waals surface area contributed by atoms with Crippen LogP contribution in [0.5, 0.6) is 0 Å². The van der Waals surface area contributed by atoms with E-state index in [0.29, 0.717) is 10.7 Å². The highest BCUT2D eigenvalue weighted by atomic mass is 32.2. The number of nitrogens with zero attached hydrogens (tertiary/aromatic N) is 1. The molecular formula is C11H9N2O5S-. The van der Waals surface area contributed by atoms with Gasteiger partial charge in [-0.1, -0.05) is 0 Å². The minimum absolute atomic E-state index is 0.103. The molecule has 1 aromatic heterocycles. The van der Waals surface area contributed by atoms with Crippen LogP contribution in [0.25, 0.3) is 6.08 Å². The van der Waals surface area contributed by atoms with Crippen molar-refractivity contribution >= 4 is 34.9 Å². The summed E-state index contributed by atoms with van der Waals surface area (Å²) in [5.74, 6) is -1.42. The van der Waals surface area contributed by atoms with Crippen molar-refractivity contribution in [1.82, 2.24) is 5.32 Å². The second-order valence-corrected chi connectivity index (χ2v) is 4.56. The smallest absolute Gasteiger partial charge is 0.264 e. The van der Waals surface area contributed by atoms with Crippen LogP contribution in [-0.4, -0.2) is 34.8 Å². The molecule has 7 nitrogen and oxygen atoms in total. The zero-order valence-electron chi connectivity index (χ0n) is 9.53. The Balaban J connectivity index is 2.15. The van der Waals surface area contributed by atoms with Gasteiger partial charge in [-0.3, -0.25) is 9.79 Å². The highest BCUT2D eigenvalue weighted by molar-refractivity contribution is 8.18. The van der Waals surface area contributed by atoms with Crippen molar-refractivity contribution in [2.75, 3.05) is 6.61 Å². The van der Waals surface area contributed by atoms with Crippen molar-refractivity contribution in [2.24, 2.45) is 4.99 Å². The van der Waals surface area contributed by atoms with E-state index in [1.54, 1.807) is 12.1 Å². The lowest BCUT2D eigenvalue weighted by Gasteiger charge is -2.10. The van der Waals surface area contributed by atoms with Crippen molar-refractivity contribution in [3.63, 3.8) is 0 Å². The molecule has 1 aliphatic heterocycles. The van der Waals surface area contributed by atoms with E-state index in [0.717, 1.165) is 11.8 Å². The van der Waals surface area contributed by atoms with Gasteiger partial charge in [0.25, 0.3) is 5.91 Å². The van der Waals surface area contributed by atoms with Gasteiger partial charge in [-0.25, -0.2) is 0 Å². The maximum absolute atomic E-state index is 11.6. The molecule has 0 saturated carbocycles. The van der Waals surface area contributed by atoms with Crippen LogP contribution in [0.4, 0.5) is 0 Å². The average Bonchev–Trinajstić information content (AvgIpc) is 2.97. The number of aliphatic hydroxyl groups excluding tert-OH is 1. The Labute approximate surface area is 112 Å². The molecule has 1 fully saturated rings. The molecule has 8 heteroatoms. The summed E-state index contributed by atoms with van der Waals surface area (Å²) in [5, 5.41) is 21.9. The van der Waals surface area contributed by atoms with Crippen LogP contribution < -0.4 is 10.4 Å². The topological polar surface area (TPSA) is 115 Å². The average molecular weight is 281 g/mol. The van der Waals surface area contributed by atoms with Crippen molar-refractivity contribution in [3.8, 4) is 0 Å². The van der Waals surface area contributed by atoms with Crippen molar-refractivity contribution < 1.29 is 24.2 Å². The Hall–Kier alpha value is -2.06. The number of carboxylic acids is 1. The van der Waals surface area contributed by atoms with Gasteiger partial charge in [-0.05, 0) is 23.9 Å². The molecule has 1 saturated heterocycles. The Bertz CT molecular complexity index is 549. The number of carbonyl (C=O) groups excluding carboxylic acids is 2. The van der Waals surface area contributed by atoms with Gasteiger partial charge >= 0.3 is 0 Å². The molecular weight excluding hydrogens is 272 g/mol. The first-order valence-electron chi connectivity index (χ1n) is 5.24. The number of nitrogens with one attached hydrogen (secondary N) is 1. The monoisotopic (exact) mass is 281 g/mol. The van der Waals surface area contributed by atoms with Crippen LogP contribution in [0.1, 0.15) is 5.76 Å². The van der Waals surface area contributed by atoms with Crippen LogP contribution in [-0.2, 0) is 9.59 Å². The van der Waals surface area contributed by atoms with Gasteiger partial charge in [0.2, 0.25) is 0 Å². The molecule has 2 rings (SSSR count). The van der Waals surface area contributed by atoms with E-state index in [1.165, 1.54) is 12.3 Å². The third-order valence-corrected chi connectivity index (χ3v) is 3.11. The number of hydrogen-bond acceptors (Lipinski definition) is 7. The second kappa shape index (κ2) is 5.72. The largest absolute Gasteiger partial charge is 0.548 e. The molecule has 0 aromatic carbocycles. The number of amidine groups is 1. The zero-order chi connectivity index (χ0) is 13.8. The Morgan fingerprint density at radius 2 is 2.47 bits per heavy atom. The zero-order valence-corrected chi connectivity index (χ0v) is 10.3. The van der Waals surface area contributed by atoms with Crippen LogP contribution in [0.15, 0.2) is 32.7 Å². The molecule has 1 atom stereocenters. The Morgan fingerprint density at radius 1 is 1.68 bits per heavy atom. The molecule has 0 aliphatic carbocycles. The molecule has 1 amide bonds. The minimum atomic E-state index is -1.51. The number of aliphatic imine (C=N–C) groups is 1. The van der Waals surface area contributed by atoms with Crippen molar-refractivity contribution in [1.29, 1.82) is 0 Å². The van der Waals surface area contributed by atoms with E-state index in [-0.39, 0.29) is 5.17 Å². The highest BCUT2D eigenvalue weighted by Crippen LogP contribution is 2.26. The minimum Gasteiger partial charge on any atom is -0.548 e. The van der Waals surface area contributed by atoms with Crippen LogP contribution in [0, 0.1) is 0 Å². The van der Waals surface area contributed by atoms with Crippen LogP contribution in [0.3, 0.4) is 0 Å². The molecule has 1 aromatic rings. The molecule has 2 heterocycles. The summed E-state index contributed by atoms with van der Waals surface area (Å²) in [6.45, 7) is -0.695. The number of hydrogen-bond donors (Lipinski definition) is 2. The quantitative estimate of drug-likeness (QED) is 0.680. The lowest BCUT2D eigenvalue weighted by Crippen LogP contribution is -2.38. The van der Waals surface area contributed by atoms with Gasteiger partial charge in [0.15, 0.2) is 5.17 Å². The maximum atomic E-state index is 11.6. The van der Waals surface area contributed by atoms with E-state index in [1.807, 2.05) is 0 Å². The molecule has 0 spiro atoms. The highest BCUT2D eigenvalue weighted by Gasteiger charge is 2.25. The van der Waals surface area contributed by atoms with Gasteiger partial charge in [0.1, 0.15) is 11.8 Å². The molecule has 1 aliphatic rings. The van der Waals surface area contributed by atoms with Crippen LogP contribution in [0.2, 0.25) is 0 Å². The van der Waals surface area contributed by atoms with E-state index in [2.05, 4.69) is 10.3 Å². The number of aliphatic carboxylic acids is 1. The fraction of sp³-hybridized carbons (Fsp3) is 0.182. The Kier molecular flexibility index (Phi) is 4.03. The third kappa shape index (κ3) is 3.24. The molecule has 0 unspecified atom stereocenters. The van der Waals surface area contributed by atoms with Gasteiger partial charge in [-0.15, -0.1) is 0 Å². The Morgan fingerprint density at radius 3 is 3.05 bits per heavy atom. The number of aliphatic hydroxyl groups is 1. The SMILES string of the molecule is O=C1NC(=N[C@@H](CO)C(=O)[O-])S/C1=C/c1ccco1. The van der Waals surface area contributed by atoms with E-state index < -0.39 is 24.5 Å². The summed E-state index contributed by atoms with van der Waals surface area (Å²) in [5.41, 5.74) is 0. The fourth-order valence-corrected chi connectivity index (χ4v) is 2.15. The molecule has 0 bridgehead atoms. The third-order valence-electron chi connectivity index (χ3n) is 2.19. The first-order valence-corrected chi connectivity index (χ1v) is 6.05. The maximum Gasteiger partial charge on any atom is 0.264 e. The van der Waals surface area contributed by atoms with Crippen LogP contribution >= 0.6 is 11.8 Å². The van der Waals surface area contributed by atoms with E-state index in [4.69, 9.17) is 9.52 Å². The van der Waals surface area contributed by atoms with Gasteiger partial charge in [0, 0.05) is 6.08 Å². The summed E-state index contributed by atoms with van der Waals surface area (Å²) in [6.07, 6.45) is 2.98. The number of amides is 1. The van der Waals surface area contributed by atoms with E-state index in [9.17, 15) is 14.7 Å². The summed E-state index contributed by atoms with van der Waals surface area (Å²) in [6, 6.07) is 1.95. The predicted octanol–water partition coefficient (Wildman–Crippen LogP) is -1.05. The lowest BCUT2D eigenvalue weighted by atomic mass is 10.3. The number of rotatable bonds is 4. The fourth-order valence-electron chi connectivity index (χ4n) is 1.30. The second-order valence-electron chi connectivity index (χ2n) is 3.53. The number of carboxylic acid groups (broad SMARTS) is 1. The number of carbonyl (C=O) groups is 2. The van der Waals surface area contributed by atoms with Crippen molar-refractivity contribution in [2.45, 2.75) is 6.04 Å². The first-order chi connectivity index (χ1) is 9.10. The summed E-state index contributed by atoms with van der Waals surface area (Å²) in [7, 11) is 0. The first kappa shape index (κ1) is 13.4. The standard InChI is InChI=1S/C11H10N2O5S/c14-5-7(10(16)17)12-11-13-9(15)8(19-11)4-6-2-1-3-18-6/h1-4,7,14H,5H2,(H,16,17)(H,12,13,15)/p-1/b8-4+/t7-/m0/s1. The number of furan rings is 1. The summed E-state index contributed by atoms with van der Waals surface area (Å²) < 4.78 is 5.07. The number of thioether (sulfide) groups is 1. The molecule has 0 radical (unpaired) electrons. The normalized spacial score (nSPS) is 20.8. The molecule has 19 heavy (non-hydrogen) atoms. The van der Waals surface area contributed by atoms with Gasteiger partial charge < -0.3 is 24.7 Å². The summed E-state index contributed by atoms with van der Waals surface area (Å²) in [4.78, 5) is 26.2.